The van der Waals surface area contributed by atoms with Crippen molar-refractivity contribution in [2.75, 3.05) is 11.9 Å². The molecule has 0 aliphatic carbocycles. The SMILES string of the molecule is CCOc1ccc2c(c1)CC(c1cccc(C)c1)N2. The van der Waals surface area contributed by atoms with Gasteiger partial charge in [0.25, 0.3) is 0 Å². The van der Waals surface area contributed by atoms with E-state index in [4.69, 9.17) is 4.74 Å². The van der Waals surface area contributed by atoms with E-state index in [1.54, 1.807) is 0 Å². The molecule has 0 spiro atoms. The zero-order valence-electron chi connectivity index (χ0n) is 11.4. The Morgan fingerprint density at radius 1 is 1.21 bits per heavy atom. The monoisotopic (exact) mass is 253 g/mol. The highest BCUT2D eigenvalue weighted by Crippen LogP contribution is 2.36. The molecule has 1 aliphatic heterocycles. The molecule has 1 unspecified atom stereocenters. The lowest BCUT2D eigenvalue weighted by molar-refractivity contribution is 0.340. The van der Waals surface area contributed by atoms with E-state index in [9.17, 15) is 0 Å². The fourth-order valence-corrected chi connectivity index (χ4v) is 2.68. The molecule has 1 heterocycles. The maximum absolute atomic E-state index is 5.56. The van der Waals surface area contributed by atoms with Gasteiger partial charge in [-0.15, -0.1) is 0 Å². The third-order valence-electron chi connectivity index (χ3n) is 3.59. The van der Waals surface area contributed by atoms with Crippen LogP contribution in [0.25, 0.3) is 0 Å². The van der Waals surface area contributed by atoms with E-state index in [1.807, 2.05) is 13.0 Å². The predicted molar refractivity (Wildman–Crippen MR) is 78.9 cm³/mol. The van der Waals surface area contributed by atoms with Crippen molar-refractivity contribution in [3.8, 4) is 5.75 Å². The van der Waals surface area contributed by atoms with Gasteiger partial charge in [-0.1, -0.05) is 29.8 Å². The minimum atomic E-state index is 0.381. The average Bonchev–Trinajstić information content (AvgIpc) is 2.82. The molecule has 1 aliphatic rings. The highest BCUT2D eigenvalue weighted by Gasteiger charge is 2.22. The van der Waals surface area contributed by atoms with E-state index < -0.39 is 0 Å². The van der Waals surface area contributed by atoms with Gasteiger partial charge in [0.05, 0.1) is 12.6 Å². The topological polar surface area (TPSA) is 21.3 Å². The summed E-state index contributed by atoms with van der Waals surface area (Å²) in [6.45, 7) is 4.87. The van der Waals surface area contributed by atoms with Gasteiger partial charge in [0, 0.05) is 5.69 Å². The number of aryl methyl sites for hydroxylation is 1. The summed E-state index contributed by atoms with van der Waals surface area (Å²) < 4.78 is 5.56. The van der Waals surface area contributed by atoms with Crippen molar-refractivity contribution in [1.29, 1.82) is 0 Å². The zero-order valence-corrected chi connectivity index (χ0v) is 11.4. The summed E-state index contributed by atoms with van der Waals surface area (Å²) >= 11 is 0. The van der Waals surface area contributed by atoms with Crippen LogP contribution in [0.4, 0.5) is 5.69 Å². The van der Waals surface area contributed by atoms with Crippen LogP contribution in [0.3, 0.4) is 0 Å². The Morgan fingerprint density at radius 3 is 2.89 bits per heavy atom. The Bertz CT molecular complexity index is 592. The van der Waals surface area contributed by atoms with E-state index in [2.05, 4.69) is 48.6 Å². The van der Waals surface area contributed by atoms with Crippen LogP contribution in [0.2, 0.25) is 0 Å². The van der Waals surface area contributed by atoms with Gasteiger partial charge in [0.2, 0.25) is 0 Å². The van der Waals surface area contributed by atoms with Crippen LogP contribution in [0.5, 0.6) is 5.75 Å². The maximum Gasteiger partial charge on any atom is 0.119 e. The Balaban J connectivity index is 1.84. The molecule has 0 bridgehead atoms. The predicted octanol–water partition coefficient (Wildman–Crippen LogP) is 4.10. The average molecular weight is 253 g/mol. The molecule has 2 aromatic rings. The number of nitrogens with one attached hydrogen (secondary N) is 1. The van der Waals surface area contributed by atoms with Crippen molar-refractivity contribution in [1.82, 2.24) is 0 Å². The molecule has 3 rings (SSSR count). The first-order valence-electron chi connectivity index (χ1n) is 6.85. The van der Waals surface area contributed by atoms with Gasteiger partial charge in [0.1, 0.15) is 5.75 Å². The van der Waals surface area contributed by atoms with Crippen molar-refractivity contribution in [3.63, 3.8) is 0 Å². The summed E-state index contributed by atoms with van der Waals surface area (Å²) in [6.07, 6.45) is 1.03. The standard InChI is InChI=1S/C17H19NO/c1-3-19-15-7-8-16-14(10-15)11-17(18-16)13-6-4-5-12(2)9-13/h4-10,17-18H,3,11H2,1-2H3. The van der Waals surface area contributed by atoms with Gasteiger partial charge in [-0.3, -0.25) is 0 Å². The largest absolute Gasteiger partial charge is 0.494 e. The van der Waals surface area contributed by atoms with E-state index in [-0.39, 0.29) is 0 Å². The van der Waals surface area contributed by atoms with Crippen molar-refractivity contribution in [2.45, 2.75) is 26.3 Å². The minimum Gasteiger partial charge on any atom is -0.494 e. The van der Waals surface area contributed by atoms with Crippen LogP contribution in [0.1, 0.15) is 29.7 Å². The van der Waals surface area contributed by atoms with Gasteiger partial charge in [-0.05, 0) is 49.6 Å². The van der Waals surface area contributed by atoms with Crippen molar-refractivity contribution in [3.05, 3.63) is 59.2 Å². The molecule has 0 aromatic heterocycles. The van der Waals surface area contributed by atoms with Gasteiger partial charge < -0.3 is 10.1 Å². The fourth-order valence-electron chi connectivity index (χ4n) is 2.68. The van der Waals surface area contributed by atoms with Crippen molar-refractivity contribution in [2.24, 2.45) is 0 Å². The normalized spacial score (nSPS) is 16.8. The first-order valence-corrected chi connectivity index (χ1v) is 6.85. The number of hydrogen-bond donors (Lipinski definition) is 1. The molecule has 0 saturated heterocycles. The fraction of sp³-hybridized carbons (Fsp3) is 0.294. The molecule has 0 amide bonds. The molecule has 0 radical (unpaired) electrons. The molecule has 2 aromatic carbocycles. The van der Waals surface area contributed by atoms with Crippen LogP contribution in [0, 0.1) is 6.92 Å². The van der Waals surface area contributed by atoms with E-state index >= 15 is 0 Å². The minimum absolute atomic E-state index is 0.381. The molecular formula is C17H19NO. The lowest BCUT2D eigenvalue weighted by atomic mass is 10.0. The van der Waals surface area contributed by atoms with Gasteiger partial charge >= 0.3 is 0 Å². The highest BCUT2D eigenvalue weighted by atomic mass is 16.5. The summed E-state index contributed by atoms with van der Waals surface area (Å²) in [7, 11) is 0. The second kappa shape index (κ2) is 4.96. The summed E-state index contributed by atoms with van der Waals surface area (Å²) in [6, 6.07) is 15.4. The zero-order chi connectivity index (χ0) is 13.2. The molecule has 0 saturated carbocycles. The summed E-state index contributed by atoms with van der Waals surface area (Å²) in [5.74, 6) is 0.966. The lowest BCUT2D eigenvalue weighted by Gasteiger charge is -2.12. The second-order valence-electron chi connectivity index (χ2n) is 5.07. The quantitative estimate of drug-likeness (QED) is 0.889. The molecule has 1 atom stereocenters. The number of rotatable bonds is 3. The lowest BCUT2D eigenvalue weighted by Crippen LogP contribution is -2.05. The highest BCUT2D eigenvalue weighted by molar-refractivity contribution is 5.60. The van der Waals surface area contributed by atoms with Crippen LogP contribution in [-0.2, 0) is 6.42 Å². The number of anilines is 1. The van der Waals surface area contributed by atoms with Gasteiger partial charge in [-0.25, -0.2) is 0 Å². The second-order valence-corrected chi connectivity index (χ2v) is 5.07. The van der Waals surface area contributed by atoms with Gasteiger partial charge in [-0.2, -0.15) is 0 Å². The first kappa shape index (κ1) is 12.1. The Hall–Kier alpha value is -1.96. The van der Waals surface area contributed by atoms with Crippen LogP contribution >= 0.6 is 0 Å². The number of ether oxygens (including phenoxy) is 1. The Labute approximate surface area is 114 Å². The maximum atomic E-state index is 5.56. The third-order valence-corrected chi connectivity index (χ3v) is 3.59. The van der Waals surface area contributed by atoms with Crippen molar-refractivity contribution < 1.29 is 4.74 Å². The first-order chi connectivity index (χ1) is 9.26. The molecule has 98 valence electrons. The third kappa shape index (κ3) is 2.43. The number of benzene rings is 2. The molecular weight excluding hydrogens is 234 g/mol. The number of hydrogen-bond acceptors (Lipinski definition) is 2. The van der Waals surface area contributed by atoms with Crippen LogP contribution in [0.15, 0.2) is 42.5 Å². The molecule has 2 nitrogen and oxygen atoms in total. The molecule has 2 heteroatoms. The smallest absolute Gasteiger partial charge is 0.119 e. The van der Waals surface area contributed by atoms with E-state index in [1.165, 1.54) is 22.4 Å². The Kier molecular flexibility index (Phi) is 3.16. The molecule has 0 fully saturated rings. The van der Waals surface area contributed by atoms with Crippen molar-refractivity contribution >= 4 is 5.69 Å². The van der Waals surface area contributed by atoms with Gasteiger partial charge in [0.15, 0.2) is 0 Å². The van der Waals surface area contributed by atoms with Crippen LogP contribution < -0.4 is 10.1 Å². The van der Waals surface area contributed by atoms with E-state index in [0.717, 1.165) is 12.2 Å². The number of fused-ring (bicyclic) bond motifs is 1. The van der Waals surface area contributed by atoms with E-state index in [0.29, 0.717) is 12.6 Å². The summed E-state index contributed by atoms with van der Waals surface area (Å²) in [4.78, 5) is 0. The summed E-state index contributed by atoms with van der Waals surface area (Å²) in [5, 5.41) is 3.59. The molecule has 1 N–H and O–H groups in total. The summed E-state index contributed by atoms with van der Waals surface area (Å²) in [5.41, 5.74) is 5.24. The van der Waals surface area contributed by atoms with Crippen LogP contribution in [-0.4, -0.2) is 6.61 Å². The Morgan fingerprint density at radius 2 is 2.11 bits per heavy atom. The molecule has 19 heavy (non-hydrogen) atoms.